The summed E-state index contributed by atoms with van der Waals surface area (Å²) in [6.07, 6.45) is 0. The molecule has 1 heterocycles. The summed E-state index contributed by atoms with van der Waals surface area (Å²) < 4.78 is 8.94. The van der Waals surface area contributed by atoms with Crippen LogP contribution in [0.4, 0.5) is 0 Å². The number of aryl methyl sites for hydroxylation is 1. The van der Waals surface area contributed by atoms with Crippen LogP contribution >= 0.6 is 15.9 Å². The zero-order valence-corrected chi connectivity index (χ0v) is 9.21. The highest BCUT2D eigenvalue weighted by molar-refractivity contribution is 9.10. The summed E-state index contributed by atoms with van der Waals surface area (Å²) in [7, 11) is 0. The van der Waals surface area contributed by atoms with Crippen LogP contribution in [0.2, 0.25) is 0 Å². The second kappa shape index (κ2) is 3.49. The zero-order valence-electron chi connectivity index (χ0n) is 7.63. The predicted molar refractivity (Wildman–Crippen MR) is 49.9 cm³/mol. The Bertz CT molecular complexity index is 313. The zero-order chi connectivity index (χ0) is 10.1. The van der Waals surface area contributed by atoms with Gasteiger partial charge in [0.15, 0.2) is 0 Å². The Labute approximate surface area is 84.4 Å². The highest BCUT2D eigenvalue weighted by atomic mass is 79.9. The summed E-state index contributed by atoms with van der Waals surface area (Å²) >= 11 is 3.18. The molecule has 4 nitrogen and oxygen atoms in total. The molecular formula is C8H10BrNO3. The van der Waals surface area contributed by atoms with Crippen LogP contribution in [0.5, 0.6) is 5.88 Å². The van der Waals surface area contributed by atoms with Crippen molar-refractivity contribution in [2.24, 2.45) is 0 Å². The number of rotatable bonds is 2. The second-order valence-electron chi connectivity index (χ2n) is 3.14. The third kappa shape index (κ3) is 2.84. The molecule has 1 rings (SSSR count). The van der Waals surface area contributed by atoms with Crippen molar-refractivity contribution < 1.29 is 14.1 Å². The van der Waals surface area contributed by atoms with Crippen LogP contribution < -0.4 is 4.74 Å². The van der Waals surface area contributed by atoms with Crippen molar-refractivity contribution in [2.45, 2.75) is 25.1 Å². The maximum absolute atomic E-state index is 11.3. The summed E-state index contributed by atoms with van der Waals surface area (Å²) in [6, 6.07) is 1.55. The van der Waals surface area contributed by atoms with Gasteiger partial charge in [0.2, 0.25) is 0 Å². The Kier molecular flexibility index (Phi) is 2.75. The van der Waals surface area contributed by atoms with Crippen molar-refractivity contribution in [1.82, 2.24) is 5.16 Å². The van der Waals surface area contributed by atoms with E-state index in [2.05, 4.69) is 21.1 Å². The molecule has 0 N–H and O–H groups in total. The number of carbonyl (C=O) groups excluding carboxylic acids is 1. The van der Waals surface area contributed by atoms with Gasteiger partial charge in [-0.25, -0.2) is 0 Å². The summed E-state index contributed by atoms with van der Waals surface area (Å²) in [6.45, 7) is 5.12. The number of aromatic nitrogens is 1. The lowest BCUT2D eigenvalue weighted by atomic mass is 10.2. The fourth-order valence-corrected chi connectivity index (χ4v) is 0.689. The van der Waals surface area contributed by atoms with E-state index in [1.165, 1.54) is 0 Å². The fraction of sp³-hybridized carbons (Fsp3) is 0.500. The van der Waals surface area contributed by atoms with E-state index in [1.807, 2.05) is 0 Å². The smallest absolute Gasteiger partial charge is 0.329 e. The molecule has 0 amide bonds. The van der Waals surface area contributed by atoms with Crippen LogP contribution in [-0.4, -0.2) is 15.5 Å². The number of hydrogen-bond acceptors (Lipinski definition) is 4. The number of esters is 1. The third-order valence-corrected chi connectivity index (χ3v) is 1.61. The number of alkyl halides is 1. The minimum atomic E-state index is -0.708. The summed E-state index contributed by atoms with van der Waals surface area (Å²) in [5.41, 5.74) is 0. The standard InChI is InChI=1S/C8H10BrNO3/c1-5-4-6(10-13-5)12-7(11)8(2,3)9/h4H,1-3H3. The van der Waals surface area contributed by atoms with E-state index in [4.69, 9.17) is 9.26 Å². The summed E-state index contributed by atoms with van der Waals surface area (Å²) in [5.74, 6) is 0.394. The van der Waals surface area contributed by atoms with Gasteiger partial charge in [-0.15, -0.1) is 0 Å². The normalized spacial score (nSPS) is 11.4. The molecule has 0 aliphatic heterocycles. The number of ether oxygens (including phenoxy) is 1. The van der Waals surface area contributed by atoms with Crippen molar-refractivity contribution in [3.8, 4) is 5.88 Å². The fourth-order valence-electron chi connectivity index (χ4n) is 0.608. The third-order valence-electron chi connectivity index (χ3n) is 1.29. The molecule has 0 atom stereocenters. The largest absolute Gasteiger partial charge is 0.403 e. The van der Waals surface area contributed by atoms with Gasteiger partial charge < -0.3 is 9.26 Å². The summed E-state index contributed by atoms with van der Waals surface area (Å²) in [4.78, 5) is 11.3. The number of halogens is 1. The van der Waals surface area contributed by atoms with E-state index < -0.39 is 10.3 Å². The van der Waals surface area contributed by atoms with E-state index in [9.17, 15) is 4.79 Å². The second-order valence-corrected chi connectivity index (χ2v) is 5.12. The monoisotopic (exact) mass is 247 g/mol. The molecule has 0 saturated carbocycles. The van der Waals surface area contributed by atoms with Gasteiger partial charge in [-0.1, -0.05) is 15.9 Å². The molecule has 0 spiro atoms. The van der Waals surface area contributed by atoms with E-state index in [-0.39, 0.29) is 5.88 Å². The lowest BCUT2D eigenvalue weighted by Gasteiger charge is -2.12. The van der Waals surface area contributed by atoms with Gasteiger partial charge in [0, 0.05) is 6.07 Å². The minimum Gasteiger partial charge on any atom is -0.403 e. The lowest BCUT2D eigenvalue weighted by Crippen LogP contribution is -2.29. The Morgan fingerprint density at radius 3 is 2.69 bits per heavy atom. The predicted octanol–water partition coefficient (Wildman–Crippen LogP) is 2.06. The van der Waals surface area contributed by atoms with Gasteiger partial charge in [-0.2, -0.15) is 0 Å². The van der Waals surface area contributed by atoms with Crippen molar-refractivity contribution in [2.75, 3.05) is 0 Å². The molecule has 0 radical (unpaired) electrons. The van der Waals surface area contributed by atoms with E-state index >= 15 is 0 Å². The molecule has 0 aliphatic rings. The van der Waals surface area contributed by atoms with Crippen molar-refractivity contribution in [1.29, 1.82) is 0 Å². The molecule has 72 valence electrons. The van der Waals surface area contributed by atoms with Crippen LogP contribution in [0.3, 0.4) is 0 Å². The maximum atomic E-state index is 11.3. The molecular weight excluding hydrogens is 238 g/mol. The Hall–Kier alpha value is -0.840. The van der Waals surface area contributed by atoms with Gasteiger partial charge in [0.05, 0.1) is 0 Å². The molecule has 0 aromatic carbocycles. The lowest BCUT2D eigenvalue weighted by molar-refractivity contribution is -0.136. The van der Waals surface area contributed by atoms with Gasteiger partial charge in [0.1, 0.15) is 10.1 Å². The number of carbonyl (C=O) groups is 1. The first-order valence-corrected chi connectivity index (χ1v) is 4.53. The van der Waals surface area contributed by atoms with Crippen LogP contribution in [0.1, 0.15) is 19.6 Å². The van der Waals surface area contributed by atoms with Crippen LogP contribution in [-0.2, 0) is 4.79 Å². The van der Waals surface area contributed by atoms with Crippen molar-refractivity contribution >= 4 is 21.9 Å². The molecule has 1 aromatic heterocycles. The molecule has 1 aromatic rings. The van der Waals surface area contributed by atoms with Crippen molar-refractivity contribution in [3.05, 3.63) is 11.8 Å². The maximum Gasteiger partial charge on any atom is 0.329 e. The topological polar surface area (TPSA) is 52.3 Å². The van der Waals surface area contributed by atoms with Gasteiger partial charge in [0.25, 0.3) is 5.88 Å². The molecule has 0 saturated heterocycles. The average Bonchev–Trinajstić information content (AvgIpc) is 2.33. The van der Waals surface area contributed by atoms with E-state index in [1.54, 1.807) is 26.8 Å². The minimum absolute atomic E-state index is 0.190. The van der Waals surface area contributed by atoms with Gasteiger partial charge in [-0.3, -0.25) is 4.79 Å². The van der Waals surface area contributed by atoms with Gasteiger partial charge >= 0.3 is 5.97 Å². The average molecular weight is 248 g/mol. The Morgan fingerprint density at radius 1 is 1.69 bits per heavy atom. The number of hydrogen-bond donors (Lipinski definition) is 0. The molecule has 0 unspecified atom stereocenters. The first kappa shape index (κ1) is 10.2. The molecule has 0 fully saturated rings. The van der Waals surface area contributed by atoms with E-state index in [0.717, 1.165) is 0 Å². The van der Waals surface area contributed by atoms with Crippen LogP contribution in [0.15, 0.2) is 10.6 Å². The SMILES string of the molecule is Cc1cc(OC(=O)C(C)(C)Br)no1. The molecule has 0 bridgehead atoms. The highest BCUT2D eigenvalue weighted by Gasteiger charge is 2.26. The highest BCUT2D eigenvalue weighted by Crippen LogP contribution is 2.20. The Balaban J connectivity index is 2.65. The first-order chi connectivity index (χ1) is 5.89. The molecule has 13 heavy (non-hydrogen) atoms. The molecule has 0 aliphatic carbocycles. The summed E-state index contributed by atoms with van der Waals surface area (Å²) in [5, 5.41) is 3.53. The first-order valence-electron chi connectivity index (χ1n) is 3.74. The Morgan fingerprint density at radius 2 is 2.31 bits per heavy atom. The van der Waals surface area contributed by atoms with E-state index in [0.29, 0.717) is 5.76 Å². The number of nitrogens with zero attached hydrogens (tertiary/aromatic N) is 1. The molecule has 5 heteroatoms. The van der Waals surface area contributed by atoms with Crippen LogP contribution in [0, 0.1) is 6.92 Å². The van der Waals surface area contributed by atoms with Crippen molar-refractivity contribution in [3.63, 3.8) is 0 Å². The van der Waals surface area contributed by atoms with Gasteiger partial charge in [-0.05, 0) is 25.9 Å². The van der Waals surface area contributed by atoms with Crippen LogP contribution in [0.25, 0.3) is 0 Å². The quantitative estimate of drug-likeness (QED) is 0.593.